The van der Waals surface area contributed by atoms with Gasteiger partial charge in [-0.2, -0.15) is 11.8 Å². The van der Waals surface area contributed by atoms with Crippen LogP contribution in [0.1, 0.15) is 65.8 Å². The largest absolute Gasteiger partial charge is 0.382 e. The highest BCUT2D eigenvalue weighted by Crippen LogP contribution is 2.44. The van der Waals surface area contributed by atoms with Gasteiger partial charge in [0.25, 0.3) is 0 Å². The van der Waals surface area contributed by atoms with E-state index in [1.54, 1.807) is 11.8 Å². The van der Waals surface area contributed by atoms with Gasteiger partial charge in [0.2, 0.25) is 5.91 Å². The summed E-state index contributed by atoms with van der Waals surface area (Å²) in [6.07, 6.45) is 7.13. The molecule has 2 aromatic carbocycles. The van der Waals surface area contributed by atoms with Crippen LogP contribution in [0.25, 0.3) is 22.4 Å². The van der Waals surface area contributed by atoms with E-state index in [9.17, 15) is 4.79 Å². The summed E-state index contributed by atoms with van der Waals surface area (Å²) in [5, 5.41) is 6.82. The molecular weight excluding hydrogens is 492 g/mol. The van der Waals surface area contributed by atoms with Gasteiger partial charge in [0, 0.05) is 40.1 Å². The van der Waals surface area contributed by atoms with Crippen molar-refractivity contribution in [3.05, 3.63) is 36.4 Å². The Balaban J connectivity index is 1.51. The molecular formula is C30H40N6OS. The average Bonchev–Trinajstić information content (AvgIpc) is 3.58. The van der Waals surface area contributed by atoms with Crippen molar-refractivity contribution in [2.45, 2.75) is 89.0 Å². The lowest BCUT2D eigenvalue weighted by Gasteiger charge is -2.56. The van der Waals surface area contributed by atoms with E-state index in [1.807, 2.05) is 6.07 Å². The summed E-state index contributed by atoms with van der Waals surface area (Å²) in [5.41, 5.74) is 12.3. The summed E-state index contributed by atoms with van der Waals surface area (Å²) >= 11 is 1.77. The lowest BCUT2D eigenvalue weighted by Crippen LogP contribution is -2.63. The van der Waals surface area contributed by atoms with Crippen molar-refractivity contribution in [2.24, 2.45) is 5.73 Å². The molecule has 1 saturated carbocycles. The predicted octanol–water partition coefficient (Wildman–Crippen LogP) is 6.01. The molecule has 3 aliphatic rings. The number of fused-ring (bicyclic) bond motifs is 5. The first-order valence-electron chi connectivity index (χ1n) is 13.9. The third kappa shape index (κ3) is 4.45. The summed E-state index contributed by atoms with van der Waals surface area (Å²) in [6.45, 7) is 9.14. The van der Waals surface area contributed by atoms with E-state index in [2.05, 4.69) is 84.4 Å². The van der Waals surface area contributed by atoms with Gasteiger partial charge in [0.15, 0.2) is 0 Å². The number of rotatable bonds is 6. The summed E-state index contributed by atoms with van der Waals surface area (Å²) in [6, 6.07) is 13.2. The first kappa shape index (κ1) is 25.6. The molecule has 3 aromatic rings. The van der Waals surface area contributed by atoms with Gasteiger partial charge in [-0.3, -0.25) is 4.79 Å². The molecule has 4 N–H and O–H groups in total. The highest BCUT2D eigenvalue weighted by Gasteiger charge is 2.44. The summed E-state index contributed by atoms with van der Waals surface area (Å²) in [7, 11) is 0. The molecule has 2 aliphatic heterocycles. The van der Waals surface area contributed by atoms with Crippen molar-refractivity contribution >= 4 is 45.8 Å². The van der Waals surface area contributed by atoms with Crippen LogP contribution >= 0.6 is 11.8 Å². The quantitative estimate of drug-likeness (QED) is 0.360. The fourth-order valence-electron chi connectivity index (χ4n) is 7.00. The number of hydrogen-bond acceptors (Lipinski definition) is 6. The number of benzene rings is 2. The molecule has 1 aromatic heterocycles. The van der Waals surface area contributed by atoms with Crippen LogP contribution < -0.4 is 21.3 Å². The van der Waals surface area contributed by atoms with Crippen LogP contribution in [0.3, 0.4) is 0 Å². The standard InChI is InChI=1S/C30H40N6OS/c1-29(2)16-18(31)17-30(3,4)36(29)21-9-11-25-24(15-21)33-27-22-14-20(32-19-6-7-19)8-10-23(22)34-28(37)26(35(25)27)12-13-38-5/h8-11,14-15,18-19,26,32H,6-7,12-13,16-17,31H2,1-5H3,(H,34,37). The number of carbonyl (C=O) groups excluding carboxylic acids is 1. The zero-order chi connectivity index (χ0) is 26.8. The average molecular weight is 533 g/mol. The fraction of sp³-hybridized carbons (Fsp3) is 0.533. The Morgan fingerprint density at radius 2 is 1.84 bits per heavy atom. The van der Waals surface area contributed by atoms with Crippen molar-refractivity contribution in [3.63, 3.8) is 0 Å². The lowest BCUT2D eigenvalue weighted by molar-refractivity contribution is -0.119. The van der Waals surface area contributed by atoms with Crippen LogP contribution in [0.15, 0.2) is 36.4 Å². The molecule has 6 rings (SSSR count). The number of hydrogen-bond donors (Lipinski definition) is 3. The smallest absolute Gasteiger partial charge is 0.247 e. The Bertz CT molecular complexity index is 1370. The van der Waals surface area contributed by atoms with E-state index in [4.69, 9.17) is 10.7 Å². The minimum absolute atomic E-state index is 0.0256. The second kappa shape index (κ2) is 9.19. The molecule has 38 heavy (non-hydrogen) atoms. The molecule has 0 spiro atoms. The molecule has 1 unspecified atom stereocenters. The third-order valence-electron chi connectivity index (χ3n) is 8.34. The molecule has 7 nitrogen and oxygen atoms in total. The Kier molecular flexibility index (Phi) is 6.18. The van der Waals surface area contributed by atoms with Gasteiger partial charge in [0.1, 0.15) is 11.9 Å². The Morgan fingerprint density at radius 3 is 2.53 bits per heavy atom. The zero-order valence-electron chi connectivity index (χ0n) is 23.2. The van der Waals surface area contributed by atoms with E-state index in [-0.39, 0.29) is 29.1 Å². The number of nitrogens with one attached hydrogen (secondary N) is 2. The molecule has 1 atom stereocenters. The Labute approximate surface area is 229 Å². The van der Waals surface area contributed by atoms with Gasteiger partial charge < -0.3 is 25.8 Å². The molecule has 1 amide bonds. The molecule has 202 valence electrons. The van der Waals surface area contributed by atoms with Crippen molar-refractivity contribution in [3.8, 4) is 11.4 Å². The number of nitrogens with two attached hydrogens (primary N) is 1. The van der Waals surface area contributed by atoms with Crippen LogP contribution in [0.4, 0.5) is 17.1 Å². The summed E-state index contributed by atoms with van der Waals surface area (Å²) in [5.74, 6) is 1.78. The van der Waals surface area contributed by atoms with E-state index < -0.39 is 0 Å². The second-order valence-electron chi connectivity index (χ2n) is 12.6. The highest BCUT2D eigenvalue weighted by molar-refractivity contribution is 7.98. The number of anilines is 3. The third-order valence-corrected chi connectivity index (χ3v) is 8.99. The summed E-state index contributed by atoms with van der Waals surface area (Å²) < 4.78 is 2.18. The number of amides is 1. The normalized spacial score (nSPS) is 22.5. The SMILES string of the molecule is CSCCC1C(=O)Nc2ccc(NC3CC3)cc2-c2nc3cc(N4C(C)(C)CC(N)CC4(C)C)ccc3n21. The van der Waals surface area contributed by atoms with Gasteiger partial charge in [-0.15, -0.1) is 0 Å². The Morgan fingerprint density at radius 1 is 1.11 bits per heavy atom. The van der Waals surface area contributed by atoms with Crippen molar-refractivity contribution in [1.82, 2.24) is 9.55 Å². The lowest BCUT2D eigenvalue weighted by atomic mass is 9.77. The minimum atomic E-state index is -0.318. The Hall–Kier alpha value is -2.71. The zero-order valence-corrected chi connectivity index (χ0v) is 24.0. The van der Waals surface area contributed by atoms with E-state index in [0.29, 0.717) is 6.04 Å². The van der Waals surface area contributed by atoms with Crippen LogP contribution in [-0.2, 0) is 4.79 Å². The molecule has 2 fully saturated rings. The summed E-state index contributed by atoms with van der Waals surface area (Å²) in [4.78, 5) is 21.3. The highest BCUT2D eigenvalue weighted by atomic mass is 32.2. The van der Waals surface area contributed by atoms with Crippen molar-refractivity contribution in [1.29, 1.82) is 0 Å². The molecule has 1 saturated heterocycles. The molecule has 1 aliphatic carbocycles. The van der Waals surface area contributed by atoms with Crippen LogP contribution in [-0.4, -0.2) is 50.6 Å². The number of nitrogens with zero attached hydrogens (tertiary/aromatic N) is 3. The minimum Gasteiger partial charge on any atom is -0.382 e. The predicted molar refractivity (Wildman–Crippen MR) is 160 cm³/mol. The van der Waals surface area contributed by atoms with E-state index in [0.717, 1.165) is 64.5 Å². The first-order chi connectivity index (χ1) is 18.1. The maximum absolute atomic E-state index is 13.6. The number of imidazole rings is 1. The topological polar surface area (TPSA) is 88.2 Å². The van der Waals surface area contributed by atoms with Gasteiger partial charge >= 0.3 is 0 Å². The maximum Gasteiger partial charge on any atom is 0.247 e. The number of piperidine rings is 1. The molecule has 3 heterocycles. The van der Waals surface area contributed by atoms with Gasteiger partial charge in [-0.05, 0) is 108 Å². The van der Waals surface area contributed by atoms with E-state index in [1.165, 1.54) is 12.8 Å². The monoisotopic (exact) mass is 532 g/mol. The van der Waals surface area contributed by atoms with Gasteiger partial charge in [-0.1, -0.05) is 0 Å². The van der Waals surface area contributed by atoms with Crippen LogP contribution in [0.2, 0.25) is 0 Å². The van der Waals surface area contributed by atoms with Crippen LogP contribution in [0.5, 0.6) is 0 Å². The molecule has 0 radical (unpaired) electrons. The second-order valence-corrected chi connectivity index (χ2v) is 13.6. The number of thioether (sulfide) groups is 1. The molecule has 8 heteroatoms. The number of carbonyl (C=O) groups is 1. The van der Waals surface area contributed by atoms with E-state index >= 15 is 0 Å². The van der Waals surface area contributed by atoms with Gasteiger partial charge in [-0.25, -0.2) is 4.98 Å². The van der Waals surface area contributed by atoms with Crippen molar-refractivity contribution < 1.29 is 4.79 Å². The fourth-order valence-corrected chi connectivity index (χ4v) is 7.46. The van der Waals surface area contributed by atoms with Gasteiger partial charge in [0.05, 0.1) is 16.7 Å². The van der Waals surface area contributed by atoms with Crippen molar-refractivity contribution in [2.75, 3.05) is 27.5 Å². The van der Waals surface area contributed by atoms with Crippen LogP contribution in [0, 0.1) is 0 Å². The first-order valence-corrected chi connectivity index (χ1v) is 15.3. The molecule has 0 bridgehead atoms. The number of aromatic nitrogens is 2. The maximum atomic E-state index is 13.6.